The number of tetrazole rings is 1. The SMILES string of the molecule is [3H]c1csc(OCc2c(-n3nnn(C)c3=O)coc2CC)n1. The highest BCUT2D eigenvalue weighted by molar-refractivity contribution is 7.11. The first-order valence-electron chi connectivity index (χ1n) is 6.73. The van der Waals surface area contributed by atoms with Gasteiger partial charge in [-0.05, 0) is 10.4 Å². The van der Waals surface area contributed by atoms with Crippen molar-refractivity contribution >= 4 is 11.3 Å². The standard InChI is InChI=1S/C12H13N5O3S/c1-3-10-8(6-20-11-13-4-5-21-11)9(7-19-10)17-12(18)16(2)14-15-17/h4-5,7H,3,6H2,1-2H3/i4T. The number of thiazole rings is 1. The van der Waals surface area contributed by atoms with Gasteiger partial charge in [0.2, 0.25) is 0 Å². The van der Waals surface area contributed by atoms with Crippen molar-refractivity contribution < 1.29 is 10.5 Å². The third-order valence-electron chi connectivity index (χ3n) is 2.94. The molecule has 9 heteroatoms. The van der Waals surface area contributed by atoms with E-state index in [0.717, 1.165) is 4.68 Å². The fourth-order valence-electron chi connectivity index (χ4n) is 1.89. The fraction of sp³-hybridized carbons (Fsp3) is 0.333. The summed E-state index contributed by atoms with van der Waals surface area (Å²) in [6.07, 6.45) is 2.27. The predicted molar refractivity (Wildman–Crippen MR) is 74.7 cm³/mol. The van der Waals surface area contributed by atoms with Crippen LogP contribution in [0.15, 0.2) is 27.0 Å². The number of ether oxygens (including phenoxy) is 1. The van der Waals surface area contributed by atoms with Gasteiger partial charge in [0.15, 0.2) is 0 Å². The van der Waals surface area contributed by atoms with Gasteiger partial charge in [-0.2, -0.15) is 9.36 Å². The van der Waals surface area contributed by atoms with E-state index in [1.165, 1.54) is 29.3 Å². The van der Waals surface area contributed by atoms with Crippen LogP contribution in [0.2, 0.25) is 0 Å². The van der Waals surface area contributed by atoms with Crippen molar-refractivity contribution in [2.24, 2.45) is 7.05 Å². The van der Waals surface area contributed by atoms with Crippen molar-refractivity contribution in [2.45, 2.75) is 20.0 Å². The summed E-state index contributed by atoms with van der Waals surface area (Å²) in [5, 5.41) is 9.48. The van der Waals surface area contributed by atoms with E-state index < -0.39 is 0 Å². The minimum atomic E-state index is -0.368. The molecule has 0 spiro atoms. The molecule has 3 rings (SSSR count). The zero-order chi connectivity index (χ0) is 15.7. The average Bonchev–Trinajstić information content (AvgIpc) is 3.18. The minimum absolute atomic E-state index is 0.160. The highest BCUT2D eigenvalue weighted by Gasteiger charge is 2.18. The first-order valence-corrected chi connectivity index (χ1v) is 7.11. The number of nitrogens with zero attached hydrogens (tertiary/aromatic N) is 5. The molecule has 3 heterocycles. The molecule has 0 radical (unpaired) electrons. The lowest BCUT2D eigenvalue weighted by Gasteiger charge is -2.04. The second-order valence-electron chi connectivity index (χ2n) is 4.20. The molecule has 0 atom stereocenters. The molecule has 0 bridgehead atoms. The van der Waals surface area contributed by atoms with E-state index in [9.17, 15) is 4.79 Å². The molecular weight excluding hydrogens is 294 g/mol. The summed E-state index contributed by atoms with van der Waals surface area (Å²) in [6, 6.07) is 0. The second-order valence-corrected chi connectivity index (χ2v) is 5.02. The molecule has 0 amide bonds. The Hall–Kier alpha value is -2.42. The summed E-state index contributed by atoms with van der Waals surface area (Å²) in [5.74, 6) is 0.704. The van der Waals surface area contributed by atoms with Crippen LogP contribution in [0.4, 0.5) is 0 Å². The van der Waals surface area contributed by atoms with Gasteiger partial charge in [0.1, 0.15) is 24.3 Å². The molecule has 3 aromatic rings. The van der Waals surface area contributed by atoms with Gasteiger partial charge < -0.3 is 9.15 Å². The lowest BCUT2D eigenvalue weighted by molar-refractivity contribution is 0.300. The largest absolute Gasteiger partial charge is 0.467 e. The third-order valence-corrected chi connectivity index (χ3v) is 3.57. The van der Waals surface area contributed by atoms with Crippen LogP contribution < -0.4 is 10.4 Å². The molecule has 0 aliphatic carbocycles. The van der Waals surface area contributed by atoms with E-state index in [4.69, 9.17) is 10.5 Å². The maximum atomic E-state index is 12.0. The van der Waals surface area contributed by atoms with E-state index in [0.29, 0.717) is 28.6 Å². The van der Waals surface area contributed by atoms with Gasteiger partial charge >= 0.3 is 5.69 Å². The van der Waals surface area contributed by atoms with Crippen LogP contribution in [0.5, 0.6) is 5.19 Å². The van der Waals surface area contributed by atoms with E-state index >= 15 is 0 Å². The Kier molecular flexibility index (Phi) is 3.24. The first kappa shape index (κ1) is 12.3. The van der Waals surface area contributed by atoms with Gasteiger partial charge in [0, 0.05) is 25.0 Å². The van der Waals surface area contributed by atoms with Crippen LogP contribution in [-0.2, 0) is 20.1 Å². The Morgan fingerprint density at radius 3 is 3.00 bits per heavy atom. The van der Waals surface area contributed by atoms with Crippen molar-refractivity contribution in [2.75, 3.05) is 0 Å². The predicted octanol–water partition coefficient (Wildman–Crippen LogP) is 1.16. The van der Waals surface area contributed by atoms with Gasteiger partial charge in [-0.25, -0.2) is 9.78 Å². The first-order chi connectivity index (χ1) is 10.6. The lowest BCUT2D eigenvalue weighted by atomic mass is 10.2. The number of hydrogen-bond acceptors (Lipinski definition) is 7. The van der Waals surface area contributed by atoms with Crippen LogP contribution in [0.1, 0.15) is 19.6 Å². The van der Waals surface area contributed by atoms with Crippen LogP contribution in [0.25, 0.3) is 5.69 Å². The van der Waals surface area contributed by atoms with Gasteiger partial charge in [0.05, 0.1) is 6.93 Å². The van der Waals surface area contributed by atoms with Crippen molar-refractivity contribution in [3.05, 3.63) is 39.6 Å². The topological polar surface area (TPSA) is 88.0 Å². The molecule has 0 aliphatic heterocycles. The van der Waals surface area contributed by atoms with Gasteiger partial charge in [-0.3, -0.25) is 0 Å². The molecule has 0 aromatic carbocycles. The molecule has 3 aromatic heterocycles. The van der Waals surface area contributed by atoms with E-state index in [2.05, 4.69) is 15.4 Å². The normalized spacial score (nSPS) is 11.6. The summed E-state index contributed by atoms with van der Waals surface area (Å²) in [6.45, 7) is 2.11. The van der Waals surface area contributed by atoms with Crippen LogP contribution in [0, 0.1) is 0 Å². The zero-order valence-corrected chi connectivity index (χ0v) is 12.3. The number of furan rings is 1. The maximum absolute atomic E-state index is 12.0. The molecule has 0 unspecified atom stereocenters. The van der Waals surface area contributed by atoms with Crippen LogP contribution in [-0.4, -0.2) is 24.8 Å². The number of aryl methyl sites for hydroxylation is 2. The van der Waals surface area contributed by atoms with Crippen molar-refractivity contribution in [1.82, 2.24) is 24.8 Å². The zero-order valence-electron chi connectivity index (χ0n) is 12.4. The lowest BCUT2D eigenvalue weighted by Crippen LogP contribution is -2.22. The summed E-state index contributed by atoms with van der Waals surface area (Å²) >= 11 is 1.24. The molecular formula is C12H13N5O3S. The number of aromatic nitrogens is 5. The summed E-state index contributed by atoms with van der Waals surface area (Å²) in [7, 11) is 1.52. The second kappa shape index (κ2) is 5.52. The molecule has 0 aliphatic rings. The number of rotatable bonds is 5. The molecule has 110 valence electrons. The minimum Gasteiger partial charge on any atom is -0.467 e. The Bertz CT molecular complexity index is 849. The summed E-state index contributed by atoms with van der Waals surface area (Å²) < 4.78 is 20.8. The van der Waals surface area contributed by atoms with Crippen molar-refractivity contribution in [3.8, 4) is 10.9 Å². The number of hydrogen-bond donors (Lipinski definition) is 0. The van der Waals surface area contributed by atoms with E-state index in [1.807, 2.05) is 6.92 Å². The highest BCUT2D eigenvalue weighted by Crippen LogP contribution is 2.23. The van der Waals surface area contributed by atoms with E-state index in [1.54, 1.807) is 5.38 Å². The molecule has 0 saturated heterocycles. The molecule has 8 nitrogen and oxygen atoms in total. The van der Waals surface area contributed by atoms with Gasteiger partial charge in [-0.1, -0.05) is 18.3 Å². The van der Waals surface area contributed by atoms with Gasteiger partial charge in [0.25, 0.3) is 5.19 Å². The molecule has 0 N–H and O–H groups in total. The summed E-state index contributed by atoms with van der Waals surface area (Å²) in [5.41, 5.74) is 0.844. The Labute approximate surface area is 125 Å². The molecule has 0 saturated carbocycles. The average molecular weight is 309 g/mol. The smallest absolute Gasteiger partial charge is 0.368 e. The monoisotopic (exact) mass is 309 g/mol. The van der Waals surface area contributed by atoms with Gasteiger partial charge in [-0.15, -0.1) is 0 Å². The molecule has 0 fully saturated rings. The van der Waals surface area contributed by atoms with Crippen molar-refractivity contribution in [3.63, 3.8) is 0 Å². The van der Waals surface area contributed by atoms with Crippen LogP contribution >= 0.6 is 11.3 Å². The summed E-state index contributed by atoms with van der Waals surface area (Å²) in [4.78, 5) is 15.9. The van der Waals surface area contributed by atoms with Crippen molar-refractivity contribution in [1.29, 1.82) is 0 Å². The highest BCUT2D eigenvalue weighted by atomic mass is 32.1. The fourth-order valence-corrected chi connectivity index (χ4v) is 2.33. The maximum Gasteiger partial charge on any atom is 0.368 e. The van der Waals surface area contributed by atoms with E-state index in [-0.39, 0.29) is 18.5 Å². The Balaban J connectivity index is 1.93. The quantitative estimate of drug-likeness (QED) is 0.702. The Morgan fingerprint density at radius 1 is 1.52 bits per heavy atom. The molecule has 21 heavy (non-hydrogen) atoms. The Morgan fingerprint density at radius 2 is 2.38 bits per heavy atom. The third kappa shape index (κ3) is 2.47. The van der Waals surface area contributed by atoms with Crippen LogP contribution in [0.3, 0.4) is 0 Å².